The topological polar surface area (TPSA) is 143 Å². The van der Waals surface area contributed by atoms with E-state index in [2.05, 4.69) is 21.3 Å². The highest BCUT2D eigenvalue weighted by Crippen LogP contribution is 2.24. The van der Waals surface area contributed by atoms with E-state index in [-0.39, 0.29) is 12.3 Å². The molecule has 10 nitrogen and oxygen atoms in total. The zero-order valence-electron chi connectivity index (χ0n) is 21.2. The first-order chi connectivity index (χ1) is 17.6. The molecule has 0 aromatic heterocycles. The maximum absolute atomic E-state index is 13.2. The second-order valence-electron chi connectivity index (χ2n) is 9.31. The fourth-order valence-corrected chi connectivity index (χ4v) is 4.18. The molecular weight excluding hydrogens is 476 g/mol. The van der Waals surface area contributed by atoms with Crippen LogP contribution >= 0.6 is 0 Å². The van der Waals surface area contributed by atoms with Crippen LogP contribution in [0.1, 0.15) is 38.8 Å². The number of anilines is 1. The number of hydrogen-bond donors (Lipinski definition) is 4. The van der Waals surface area contributed by atoms with Gasteiger partial charge in [-0.2, -0.15) is 0 Å². The Labute approximate surface area is 215 Å². The number of methoxy groups -OCH3 is 1. The molecule has 1 fully saturated rings. The molecule has 4 atom stereocenters. The van der Waals surface area contributed by atoms with Crippen LogP contribution in [0.25, 0.3) is 0 Å². The molecule has 0 saturated carbocycles. The van der Waals surface area contributed by atoms with Crippen LogP contribution in [0.3, 0.4) is 0 Å². The zero-order valence-corrected chi connectivity index (χ0v) is 21.2. The number of nitrogens with one attached hydrogen (secondary N) is 4. The third kappa shape index (κ3) is 6.93. The highest BCUT2D eigenvalue weighted by atomic mass is 16.5. The molecule has 1 aliphatic rings. The van der Waals surface area contributed by atoms with Crippen molar-refractivity contribution in [2.24, 2.45) is 17.8 Å². The number of urea groups is 1. The van der Waals surface area contributed by atoms with Gasteiger partial charge in [-0.05, 0) is 35.7 Å². The first kappa shape index (κ1) is 27.4. The zero-order chi connectivity index (χ0) is 27.1. The van der Waals surface area contributed by atoms with E-state index in [0.717, 1.165) is 0 Å². The van der Waals surface area contributed by atoms with Crippen LogP contribution in [-0.2, 0) is 19.2 Å². The van der Waals surface area contributed by atoms with E-state index in [1.165, 1.54) is 6.92 Å². The lowest BCUT2D eigenvalue weighted by Gasteiger charge is -2.26. The fourth-order valence-electron chi connectivity index (χ4n) is 4.18. The Balaban J connectivity index is 1.71. The van der Waals surface area contributed by atoms with Gasteiger partial charge in [-0.3, -0.25) is 24.5 Å². The normalized spacial score (nSPS) is 18.5. The van der Waals surface area contributed by atoms with Crippen LogP contribution in [0, 0.1) is 17.8 Å². The fraction of sp³-hybridized carbons (Fsp3) is 0.370. The Kier molecular flexibility index (Phi) is 9.00. The van der Waals surface area contributed by atoms with E-state index in [4.69, 9.17) is 4.74 Å². The lowest BCUT2D eigenvalue weighted by atomic mass is 9.85. The van der Waals surface area contributed by atoms with Crippen molar-refractivity contribution in [2.75, 3.05) is 12.4 Å². The van der Waals surface area contributed by atoms with Crippen LogP contribution in [0.5, 0.6) is 5.75 Å². The smallest absolute Gasteiger partial charge is 0.319 e. The molecular formula is C27H32N4O6. The van der Waals surface area contributed by atoms with Crippen molar-refractivity contribution in [3.05, 3.63) is 60.2 Å². The predicted molar refractivity (Wildman–Crippen MR) is 137 cm³/mol. The summed E-state index contributed by atoms with van der Waals surface area (Å²) in [5.41, 5.74) is 1.24. The summed E-state index contributed by atoms with van der Waals surface area (Å²) in [6.07, 6.45) is -0.151. The number of imide groups is 1. The Morgan fingerprint density at radius 1 is 0.946 bits per heavy atom. The highest BCUT2D eigenvalue weighted by molar-refractivity contribution is 6.16. The summed E-state index contributed by atoms with van der Waals surface area (Å²) in [7, 11) is 1.55. The number of Topliss-reactive ketones (excluding diaryl/α,β-unsaturated/α-hetero) is 1. The molecule has 0 aliphatic carbocycles. The standard InChI is InChI=1S/C27H32N4O6/c1-15(2)23(24(33)22-16(3)25(34)31-26(22)35)30-21(32)14-20(17-8-6-5-7-9-17)29-27(36)28-18-10-12-19(37-4)13-11-18/h5-13,15-16,20,22-23H,14H2,1-4H3,(H,30,32)(H2,28,29,36)(H,31,34,35)/t16-,20?,22+,23-/m0/s1. The minimum atomic E-state index is -1.15. The second-order valence-corrected chi connectivity index (χ2v) is 9.31. The Morgan fingerprint density at radius 2 is 1.59 bits per heavy atom. The van der Waals surface area contributed by atoms with Crippen LogP contribution in [0.4, 0.5) is 10.5 Å². The van der Waals surface area contributed by atoms with E-state index < -0.39 is 53.5 Å². The minimum absolute atomic E-state index is 0.151. The van der Waals surface area contributed by atoms with Gasteiger partial charge in [-0.25, -0.2) is 4.79 Å². The molecule has 1 unspecified atom stereocenters. The molecule has 0 radical (unpaired) electrons. The summed E-state index contributed by atoms with van der Waals surface area (Å²) in [6, 6.07) is 13.6. The maximum Gasteiger partial charge on any atom is 0.319 e. The molecule has 37 heavy (non-hydrogen) atoms. The number of carbonyl (C=O) groups excluding carboxylic acids is 5. The summed E-state index contributed by atoms with van der Waals surface area (Å²) in [5.74, 6) is -3.79. The molecule has 1 heterocycles. The summed E-state index contributed by atoms with van der Waals surface area (Å²) in [6.45, 7) is 5.01. The average molecular weight is 509 g/mol. The molecule has 5 amide bonds. The summed E-state index contributed by atoms with van der Waals surface area (Å²) >= 11 is 0. The van der Waals surface area contributed by atoms with E-state index >= 15 is 0 Å². The highest BCUT2D eigenvalue weighted by Gasteiger charge is 2.46. The number of amides is 5. The van der Waals surface area contributed by atoms with Gasteiger partial charge in [0.25, 0.3) is 0 Å². The van der Waals surface area contributed by atoms with Crippen LogP contribution in [-0.4, -0.2) is 42.7 Å². The monoisotopic (exact) mass is 508 g/mol. The van der Waals surface area contributed by atoms with Gasteiger partial charge in [0.1, 0.15) is 11.7 Å². The van der Waals surface area contributed by atoms with Crippen molar-refractivity contribution in [3.63, 3.8) is 0 Å². The lowest BCUT2D eigenvalue weighted by Crippen LogP contribution is -2.49. The Morgan fingerprint density at radius 3 is 2.14 bits per heavy atom. The summed E-state index contributed by atoms with van der Waals surface area (Å²) in [5, 5.41) is 10.4. The van der Waals surface area contributed by atoms with Crippen molar-refractivity contribution in [2.45, 2.75) is 39.3 Å². The molecule has 0 bridgehead atoms. The van der Waals surface area contributed by atoms with Gasteiger partial charge in [0.2, 0.25) is 17.7 Å². The van der Waals surface area contributed by atoms with Crippen LogP contribution < -0.4 is 26.0 Å². The van der Waals surface area contributed by atoms with Gasteiger partial charge >= 0.3 is 6.03 Å². The van der Waals surface area contributed by atoms with Gasteiger partial charge in [-0.15, -0.1) is 0 Å². The SMILES string of the molecule is COc1ccc(NC(=O)NC(CC(=O)N[C@H](C(=O)[C@@H]2C(=O)NC(=O)[C@H]2C)C(C)C)c2ccccc2)cc1. The molecule has 0 spiro atoms. The molecule has 2 aromatic carbocycles. The molecule has 196 valence electrons. The van der Waals surface area contributed by atoms with Crippen molar-refractivity contribution in [3.8, 4) is 5.75 Å². The number of hydrogen-bond acceptors (Lipinski definition) is 6. The first-order valence-electron chi connectivity index (χ1n) is 12.0. The quantitative estimate of drug-likeness (QED) is 0.287. The molecule has 4 N–H and O–H groups in total. The molecule has 2 aromatic rings. The Hall–Kier alpha value is -4.21. The van der Waals surface area contributed by atoms with Gasteiger partial charge in [0.15, 0.2) is 5.78 Å². The Bertz CT molecular complexity index is 1150. The van der Waals surface area contributed by atoms with Crippen molar-refractivity contribution in [1.82, 2.24) is 16.0 Å². The molecule has 1 aliphatic heterocycles. The third-order valence-corrected chi connectivity index (χ3v) is 6.28. The predicted octanol–water partition coefficient (Wildman–Crippen LogP) is 2.57. The number of benzene rings is 2. The number of ether oxygens (including phenoxy) is 1. The summed E-state index contributed by atoms with van der Waals surface area (Å²) < 4.78 is 5.12. The van der Waals surface area contributed by atoms with Crippen molar-refractivity contribution in [1.29, 1.82) is 0 Å². The van der Waals surface area contributed by atoms with E-state index in [1.54, 1.807) is 69.5 Å². The van der Waals surface area contributed by atoms with E-state index in [1.807, 2.05) is 6.07 Å². The number of ketones is 1. The first-order valence-corrected chi connectivity index (χ1v) is 12.0. The van der Waals surface area contributed by atoms with Gasteiger partial charge < -0.3 is 20.7 Å². The number of rotatable bonds is 10. The van der Waals surface area contributed by atoms with Gasteiger partial charge in [-0.1, -0.05) is 51.1 Å². The second kappa shape index (κ2) is 12.2. The van der Waals surface area contributed by atoms with E-state index in [0.29, 0.717) is 17.0 Å². The number of carbonyl (C=O) groups is 5. The minimum Gasteiger partial charge on any atom is -0.497 e. The van der Waals surface area contributed by atoms with Crippen molar-refractivity contribution >= 4 is 35.2 Å². The lowest BCUT2D eigenvalue weighted by molar-refractivity contribution is -0.137. The van der Waals surface area contributed by atoms with Crippen molar-refractivity contribution < 1.29 is 28.7 Å². The van der Waals surface area contributed by atoms with Gasteiger partial charge in [0, 0.05) is 5.69 Å². The van der Waals surface area contributed by atoms with E-state index in [9.17, 15) is 24.0 Å². The van der Waals surface area contributed by atoms with Crippen LogP contribution in [0.15, 0.2) is 54.6 Å². The average Bonchev–Trinajstić information content (AvgIpc) is 3.13. The third-order valence-electron chi connectivity index (χ3n) is 6.28. The van der Waals surface area contributed by atoms with Crippen LogP contribution in [0.2, 0.25) is 0 Å². The van der Waals surface area contributed by atoms with Gasteiger partial charge in [0.05, 0.1) is 31.5 Å². The molecule has 1 saturated heterocycles. The molecule has 10 heteroatoms. The molecule has 3 rings (SSSR count). The maximum atomic E-state index is 13.2. The largest absolute Gasteiger partial charge is 0.497 e. The summed E-state index contributed by atoms with van der Waals surface area (Å²) in [4.78, 5) is 63.0.